The van der Waals surface area contributed by atoms with Crippen molar-refractivity contribution in [1.82, 2.24) is 14.8 Å². The number of rotatable bonds is 8. The number of amides is 1. The molecule has 5 rings (SSSR count). The van der Waals surface area contributed by atoms with Crippen LogP contribution in [0.5, 0.6) is 0 Å². The van der Waals surface area contributed by atoms with Crippen LogP contribution in [-0.4, -0.2) is 92.9 Å². The maximum Gasteiger partial charge on any atom is 0.409 e. The average Bonchev–Trinajstić information content (AvgIpc) is 3.04. The molecule has 2 aliphatic rings. The molecular weight excluding hydrogens is 556 g/mol. The fraction of sp³-hybridized carbons (Fsp3) is 0.471. The van der Waals surface area contributed by atoms with Crippen LogP contribution in [0.15, 0.2) is 42.5 Å². The van der Waals surface area contributed by atoms with Crippen molar-refractivity contribution in [3.8, 4) is 6.07 Å². The van der Waals surface area contributed by atoms with Gasteiger partial charge in [-0.1, -0.05) is 36.8 Å². The molecule has 1 aromatic heterocycles. The third kappa shape index (κ3) is 6.73. The van der Waals surface area contributed by atoms with Gasteiger partial charge in [-0.15, -0.1) is 0 Å². The van der Waals surface area contributed by atoms with E-state index in [0.717, 1.165) is 32.4 Å². The van der Waals surface area contributed by atoms with Crippen LogP contribution in [0.2, 0.25) is 0 Å². The Morgan fingerprint density at radius 1 is 1.02 bits per heavy atom. The number of piperazine rings is 1. The molecule has 1 amide bonds. The van der Waals surface area contributed by atoms with Crippen LogP contribution in [0.25, 0.3) is 10.8 Å². The Morgan fingerprint density at radius 3 is 2.48 bits per heavy atom. The number of carbonyl (C=O) groups excluding carboxylic acids is 2. The number of ether oxygens (including phenoxy) is 2. The molecule has 0 saturated carbocycles. The second-order valence-corrected chi connectivity index (χ2v) is 11.7. The average molecular weight is 599 g/mol. The molecule has 0 radical (unpaired) electrons. The Morgan fingerprint density at radius 2 is 1.77 bits per heavy atom. The third-order valence-electron chi connectivity index (χ3n) is 8.64. The zero-order valence-corrected chi connectivity index (χ0v) is 26.2. The molecule has 1 atom stereocenters. The predicted molar refractivity (Wildman–Crippen MR) is 171 cm³/mol. The first-order chi connectivity index (χ1) is 21.3. The van der Waals surface area contributed by atoms with E-state index in [4.69, 9.17) is 9.47 Å². The maximum atomic E-state index is 13.2. The number of aryl methyl sites for hydroxylation is 1. The van der Waals surface area contributed by atoms with Crippen molar-refractivity contribution >= 4 is 34.3 Å². The summed E-state index contributed by atoms with van der Waals surface area (Å²) in [5, 5.41) is 11.9. The summed E-state index contributed by atoms with van der Waals surface area (Å²) < 4.78 is 11.1. The van der Waals surface area contributed by atoms with Crippen molar-refractivity contribution in [3.05, 3.63) is 64.8 Å². The minimum absolute atomic E-state index is 0.166. The molecule has 10 nitrogen and oxygen atoms in total. The van der Waals surface area contributed by atoms with Crippen LogP contribution in [0.1, 0.15) is 53.4 Å². The minimum Gasteiger partial charge on any atom is -0.462 e. The number of piperidine rings is 1. The molecule has 3 heterocycles. The van der Waals surface area contributed by atoms with Crippen LogP contribution in [0.4, 0.5) is 16.3 Å². The molecule has 2 saturated heterocycles. The SMILES string of the molecule is CCOC(=O)c1cc(C#N)c(C)nc1N1CCN(C(=O)OCC2CCCCN2Cc2ccc(N(C)C)c3ccccc23)CC1. The largest absolute Gasteiger partial charge is 0.462 e. The second-order valence-electron chi connectivity index (χ2n) is 11.7. The van der Waals surface area contributed by atoms with Gasteiger partial charge in [0.05, 0.1) is 17.9 Å². The number of nitrogens with zero attached hydrogens (tertiary/aromatic N) is 6. The monoisotopic (exact) mass is 598 g/mol. The lowest BCUT2D eigenvalue weighted by Crippen LogP contribution is -2.50. The highest BCUT2D eigenvalue weighted by atomic mass is 16.6. The summed E-state index contributed by atoms with van der Waals surface area (Å²) in [6.45, 7) is 7.74. The molecule has 1 unspecified atom stereocenters. The molecule has 0 bridgehead atoms. The van der Waals surface area contributed by atoms with Crippen LogP contribution < -0.4 is 9.80 Å². The van der Waals surface area contributed by atoms with E-state index in [1.807, 2.05) is 4.90 Å². The molecule has 10 heteroatoms. The van der Waals surface area contributed by atoms with Crippen molar-refractivity contribution in [3.63, 3.8) is 0 Å². The maximum absolute atomic E-state index is 13.2. The van der Waals surface area contributed by atoms with Crippen molar-refractivity contribution in [2.24, 2.45) is 0 Å². The zero-order valence-electron chi connectivity index (χ0n) is 26.2. The topological polar surface area (TPSA) is 102 Å². The first-order valence-electron chi connectivity index (χ1n) is 15.5. The molecule has 44 heavy (non-hydrogen) atoms. The summed E-state index contributed by atoms with van der Waals surface area (Å²) in [7, 11) is 4.14. The van der Waals surface area contributed by atoms with Crippen LogP contribution in [0, 0.1) is 18.3 Å². The van der Waals surface area contributed by atoms with Gasteiger partial charge in [-0.05, 0) is 56.3 Å². The number of fused-ring (bicyclic) bond motifs is 1. The van der Waals surface area contributed by atoms with Gasteiger partial charge >= 0.3 is 12.1 Å². The fourth-order valence-corrected chi connectivity index (χ4v) is 6.21. The van der Waals surface area contributed by atoms with Gasteiger partial charge in [-0.25, -0.2) is 14.6 Å². The first-order valence-corrected chi connectivity index (χ1v) is 15.5. The standard InChI is InChI=1S/C34H42N6O4/c1-5-43-33(41)30-20-26(21-35)24(2)36-32(30)38-16-18-39(19-17-38)34(42)44-23-27-10-8-9-15-40(27)22-25-13-14-31(37(3)4)29-12-7-6-11-28(25)29/h6-7,11-14,20,27H,5,8-10,15-19,22-23H2,1-4H3. The van der Waals surface area contributed by atoms with E-state index in [1.54, 1.807) is 24.8 Å². The number of hydrogen-bond acceptors (Lipinski definition) is 9. The normalized spacial score (nSPS) is 17.3. The smallest absolute Gasteiger partial charge is 0.409 e. The van der Waals surface area contributed by atoms with Gasteiger partial charge in [0.2, 0.25) is 0 Å². The number of hydrogen-bond donors (Lipinski definition) is 0. The molecule has 3 aromatic rings. The lowest BCUT2D eigenvalue weighted by atomic mass is 9.98. The Labute approximate surface area is 259 Å². The number of pyridine rings is 1. The van der Waals surface area contributed by atoms with Gasteiger partial charge in [0.1, 0.15) is 24.1 Å². The molecule has 2 aliphatic heterocycles. The van der Waals surface area contributed by atoms with E-state index in [9.17, 15) is 14.9 Å². The highest BCUT2D eigenvalue weighted by Gasteiger charge is 2.29. The lowest BCUT2D eigenvalue weighted by molar-refractivity contribution is 0.0455. The summed E-state index contributed by atoms with van der Waals surface area (Å²) >= 11 is 0. The van der Waals surface area contributed by atoms with E-state index in [-0.39, 0.29) is 24.3 Å². The highest BCUT2D eigenvalue weighted by molar-refractivity contribution is 5.96. The third-order valence-corrected chi connectivity index (χ3v) is 8.64. The summed E-state index contributed by atoms with van der Waals surface area (Å²) in [5.74, 6) is -0.0241. The Hall–Kier alpha value is -4.36. The summed E-state index contributed by atoms with van der Waals surface area (Å²) in [4.78, 5) is 38.7. The number of carbonyl (C=O) groups is 2. The molecular formula is C34H42N6O4. The summed E-state index contributed by atoms with van der Waals surface area (Å²) in [6, 6.07) is 16.8. The lowest BCUT2D eigenvalue weighted by Gasteiger charge is -2.37. The van der Waals surface area contributed by atoms with Gasteiger partial charge in [-0.2, -0.15) is 5.26 Å². The first kappa shape index (κ1) is 31.1. The molecule has 2 fully saturated rings. The van der Waals surface area contributed by atoms with Crippen LogP contribution >= 0.6 is 0 Å². The van der Waals surface area contributed by atoms with Gasteiger partial charge in [0.15, 0.2) is 0 Å². The number of benzene rings is 2. The summed E-state index contributed by atoms with van der Waals surface area (Å²) in [5.41, 5.74) is 3.65. The van der Waals surface area contributed by atoms with Gasteiger partial charge in [0, 0.05) is 63.9 Å². The van der Waals surface area contributed by atoms with Gasteiger partial charge in [0.25, 0.3) is 0 Å². The van der Waals surface area contributed by atoms with E-state index >= 15 is 0 Å². The quantitative estimate of drug-likeness (QED) is 0.333. The Bertz CT molecular complexity index is 1540. The number of anilines is 2. The highest BCUT2D eigenvalue weighted by Crippen LogP contribution is 2.31. The van der Waals surface area contributed by atoms with Crippen molar-refractivity contribution in [2.75, 3.05) is 69.8 Å². The van der Waals surface area contributed by atoms with Crippen molar-refractivity contribution in [2.45, 2.75) is 45.7 Å². The molecule has 0 aliphatic carbocycles. The van der Waals surface area contributed by atoms with E-state index in [1.165, 1.54) is 22.0 Å². The Kier molecular flexibility index (Phi) is 9.85. The van der Waals surface area contributed by atoms with E-state index < -0.39 is 5.97 Å². The molecule has 2 aromatic carbocycles. The molecule has 0 N–H and O–H groups in total. The van der Waals surface area contributed by atoms with Crippen LogP contribution in [0.3, 0.4) is 0 Å². The number of nitriles is 1. The predicted octanol–water partition coefficient (Wildman–Crippen LogP) is 4.97. The molecule has 0 spiro atoms. The van der Waals surface area contributed by atoms with Crippen molar-refractivity contribution in [1.29, 1.82) is 5.26 Å². The Balaban J connectivity index is 1.20. The molecule has 232 valence electrons. The van der Waals surface area contributed by atoms with Crippen LogP contribution in [-0.2, 0) is 16.0 Å². The zero-order chi connectivity index (χ0) is 31.2. The number of likely N-dealkylation sites (tertiary alicyclic amines) is 1. The fourth-order valence-electron chi connectivity index (χ4n) is 6.21. The van der Waals surface area contributed by atoms with Crippen molar-refractivity contribution < 1.29 is 19.1 Å². The summed E-state index contributed by atoms with van der Waals surface area (Å²) in [6.07, 6.45) is 2.94. The number of aromatic nitrogens is 1. The number of esters is 1. The van der Waals surface area contributed by atoms with E-state index in [0.29, 0.717) is 49.9 Å². The minimum atomic E-state index is -0.507. The van der Waals surface area contributed by atoms with Gasteiger partial charge in [-0.3, -0.25) is 4.90 Å². The van der Waals surface area contributed by atoms with Gasteiger partial charge < -0.3 is 24.2 Å². The second kappa shape index (κ2) is 14.0. The van der Waals surface area contributed by atoms with E-state index in [2.05, 4.69) is 71.3 Å².